The first kappa shape index (κ1) is 25.9. The van der Waals surface area contributed by atoms with Crippen molar-refractivity contribution in [3.05, 3.63) is 106 Å². The van der Waals surface area contributed by atoms with Crippen LogP contribution in [-0.2, 0) is 4.79 Å². The number of allylic oxidation sites excluding steroid dienone is 1. The molecule has 2 N–H and O–H groups in total. The number of esters is 1. The molecule has 1 atom stereocenters. The molecule has 188 valence electrons. The molecule has 0 saturated carbocycles. The number of hydrogen-bond acceptors (Lipinski definition) is 6. The van der Waals surface area contributed by atoms with Crippen molar-refractivity contribution in [3.63, 3.8) is 0 Å². The number of carbonyl (C=O) groups excluding carboxylic acids is 1. The minimum Gasteiger partial charge on any atom is -0.494 e. The lowest BCUT2D eigenvalue weighted by Gasteiger charge is -2.27. The lowest BCUT2D eigenvalue weighted by Crippen LogP contribution is -2.21. The van der Waals surface area contributed by atoms with Crippen LogP contribution in [0.5, 0.6) is 17.2 Å². The Hall–Kier alpha value is -4.21. The maximum atomic E-state index is 12.4. The zero-order valence-electron chi connectivity index (χ0n) is 20.6. The highest BCUT2D eigenvalue weighted by Crippen LogP contribution is 2.44. The molecule has 0 bridgehead atoms. The largest absolute Gasteiger partial charge is 0.494 e. The van der Waals surface area contributed by atoms with Crippen LogP contribution in [-0.4, -0.2) is 12.6 Å². The SMILES string of the molecule is CC(C)CCOc1cccc(C2C(C#N)=C(N)Oc3cc(OC(=O)/C=C/c4ccc(Cl)cc4)ccc32)c1. The zero-order chi connectivity index (χ0) is 26.4. The van der Waals surface area contributed by atoms with E-state index in [9.17, 15) is 10.1 Å². The van der Waals surface area contributed by atoms with Crippen LogP contribution in [0.25, 0.3) is 6.08 Å². The molecule has 0 fully saturated rings. The highest BCUT2D eigenvalue weighted by molar-refractivity contribution is 6.30. The van der Waals surface area contributed by atoms with Gasteiger partial charge >= 0.3 is 5.97 Å². The monoisotopic (exact) mass is 514 g/mol. The van der Waals surface area contributed by atoms with Gasteiger partial charge in [-0.2, -0.15) is 5.26 Å². The second kappa shape index (κ2) is 11.7. The van der Waals surface area contributed by atoms with E-state index in [4.69, 9.17) is 31.5 Å². The van der Waals surface area contributed by atoms with Crippen molar-refractivity contribution in [2.45, 2.75) is 26.2 Å². The number of nitrogens with two attached hydrogens (primary N) is 1. The van der Waals surface area contributed by atoms with Crippen LogP contribution in [0, 0.1) is 17.2 Å². The third-order valence-electron chi connectivity index (χ3n) is 5.85. The van der Waals surface area contributed by atoms with Crippen LogP contribution >= 0.6 is 11.6 Å². The standard InChI is InChI=1S/C30H27ClN2O4/c1-19(2)14-15-35-23-5-3-4-21(16-23)29-25-12-11-24(17-27(25)37-30(33)26(29)18-32)36-28(34)13-8-20-6-9-22(31)10-7-20/h3-13,16-17,19,29H,14-15,33H2,1-2H3/b13-8+. The first-order valence-corrected chi connectivity index (χ1v) is 12.3. The van der Waals surface area contributed by atoms with Gasteiger partial charge in [0, 0.05) is 22.7 Å². The molecule has 1 aliphatic heterocycles. The van der Waals surface area contributed by atoms with E-state index >= 15 is 0 Å². The Morgan fingerprint density at radius 3 is 2.65 bits per heavy atom. The predicted octanol–water partition coefficient (Wildman–Crippen LogP) is 6.60. The molecule has 0 aliphatic carbocycles. The maximum Gasteiger partial charge on any atom is 0.336 e. The molecule has 6 nitrogen and oxygen atoms in total. The van der Waals surface area contributed by atoms with Gasteiger partial charge in [-0.3, -0.25) is 0 Å². The van der Waals surface area contributed by atoms with Crippen LogP contribution in [0.4, 0.5) is 0 Å². The minimum absolute atomic E-state index is 0.0113. The number of fused-ring (bicyclic) bond motifs is 1. The molecule has 7 heteroatoms. The molecule has 1 aliphatic rings. The van der Waals surface area contributed by atoms with E-state index in [2.05, 4.69) is 19.9 Å². The second-order valence-corrected chi connectivity index (χ2v) is 9.47. The van der Waals surface area contributed by atoms with Crippen LogP contribution in [0.2, 0.25) is 5.02 Å². The summed E-state index contributed by atoms with van der Waals surface area (Å²) in [5, 5.41) is 10.5. The van der Waals surface area contributed by atoms with Crippen molar-refractivity contribution < 1.29 is 19.0 Å². The number of nitrogens with zero attached hydrogens (tertiary/aromatic N) is 1. The molecule has 4 rings (SSSR count). The van der Waals surface area contributed by atoms with Gasteiger partial charge in [-0.15, -0.1) is 0 Å². The van der Waals surface area contributed by atoms with E-state index in [0.717, 1.165) is 28.9 Å². The number of rotatable bonds is 8. The summed E-state index contributed by atoms with van der Waals surface area (Å²) in [4.78, 5) is 12.4. The Balaban J connectivity index is 1.56. The van der Waals surface area contributed by atoms with E-state index in [1.165, 1.54) is 6.08 Å². The third-order valence-corrected chi connectivity index (χ3v) is 6.10. The molecule has 1 heterocycles. The molecular formula is C30H27ClN2O4. The molecule has 3 aromatic carbocycles. The Bertz CT molecular complexity index is 1390. The van der Waals surface area contributed by atoms with E-state index < -0.39 is 11.9 Å². The number of benzene rings is 3. The van der Waals surface area contributed by atoms with Gasteiger partial charge in [0.15, 0.2) is 0 Å². The number of ether oxygens (including phenoxy) is 3. The van der Waals surface area contributed by atoms with Gasteiger partial charge in [0.05, 0.1) is 12.5 Å². The lowest BCUT2D eigenvalue weighted by molar-refractivity contribution is -0.128. The Morgan fingerprint density at radius 1 is 1.14 bits per heavy atom. The molecule has 3 aromatic rings. The fourth-order valence-electron chi connectivity index (χ4n) is 3.93. The zero-order valence-corrected chi connectivity index (χ0v) is 21.4. The predicted molar refractivity (Wildman–Crippen MR) is 143 cm³/mol. The Morgan fingerprint density at radius 2 is 1.92 bits per heavy atom. The summed E-state index contributed by atoms with van der Waals surface area (Å²) in [6.45, 7) is 4.90. The third kappa shape index (κ3) is 6.52. The van der Waals surface area contributed by atoms with E-state index in [1.807, 2.05) is 24.3 Å². The van der Waals surface area contributed by atoms with Crippen molar-refractivity contribution >= 4 is 23.6 Å². The van der Waals surface area contributed by atoms with Crippen molar-refractivity contribution in [3.8, 4) is 23.3 Å². The maximum absolute atomic E-state index is 12.4. The first-order valence-electron chi connectivity index (χ1n) is 11.9. The molecule has 0 spiro atoms. The molecule has 0 aromatic heterocycles. The first-order chi connectivity index (χ1) is 17.8. The van der Waals surface area contributed by atoms with Gasteiger partial charge in [-0.1, -0.05) is 55.8 Å². The van der Waals surface area contributed by atoms with Gasteiger partial charge in [0.2, 0.25) is 5.88 Å². The van der Waals surface area contributed by atoms with Crippen LogP contribution in [0.3, 0.4) is 0 Å². The minimum atomic E-state index is -0.547. The van der Waals surface area contributed by atoms with Crippen LogP contribution < -0.4 is 19.9 Å². The lowest BCUT2D eigenvalue weighted by atomic mass is 9.83. The van der Waals surface area contributed by atoms with Gasteiger partial charge in [0.25, 0.3) is 0 Å². The van der Waals surface area contributed by atoms with Crippen LogP contribution in [0.15, 0.2) is 84.3 Å². The number of nitriles is 1. The van der Waals surface area contributed by atoms with Crippen LogP contribution in [0.1, 0.15) is 42.9 Å². The van der Waals surface area contributed by atoms with Gasteiger partial charge in [-0.05, 0) is 59.9 Å². The number of hydrogen-bond donors (Lipinski definition) is 1. The van der Waals surface area contributed by atoms with E-state index in [-0.39, 0.29) is 5.88 Å². The summed E-state index contributed by atoms with van der Waals surface area (Å²) >= 11 is 5.89. The average molecular weight is 515 g/mol. The molecule has 1 unspecified atom stereocenters. The summed E-state index contributed by atoms with van der Waals surface area (Å²) < 4.78 is 17.1. The van der Waals surface area contributed by atoms with Crippen molar-refractivity contribution in [2.24, 2.45) is 11.7 Å². The number of halogens is 1. The molecule has 0 radical (unpaired) electrons. The second-order valence-electron chi connectivity index (χ2n) is 9.03. The van der Waals surface area contributed by atoms with Crippen molar-refractivity contribution in [2.75, 3.05) is 6.61 Å². The molecular weight excluding hydrogens is 488 g/mol. The summed E-state index contributed by atoms with van der Waals surface area (Å²) in [6.07, 6.45) is 3.91. The highest BCUT2D eigenvalue weighted by atomic mass is 35.5. The van der Waals surface area contributed by atoms with Crippen molar-refractivity contribution in [1.82, 2.24) is 0 Å². The highest BCUT2D eigenvalue weighted by Gasteiger charge is 2.31. The molecule has 0 amide bonds. The molecule has 0 saturated heterocycles. The fraction of sp³-hybridized carbons (Fsp3) is 0.200. The normalized spacial score (nSPS) is 14.7. The summed E-state index contributed by atoms with van der Waals surface area (Å²) in [5.74, 6) is 0.987. The van der Waals surface area contributed by atoms with Gasteiger partial charge in [-0.25, -0.2) is 4.79 Å². The smallest absolute Gasteiger partial charge is 0.336 e. The quantitative estimate of drug-likeness (QED) is 0.207. The Labute approximate surface area is 221 Å². The fourth-order valence-corrected chi connectivity index (χ4v) is 4.05. The van der Waals surface area contributed by atoms with Gasteiger partial charge in [0.1, 0.15) is 28.9 Å². The van der Waals surface area contributed by atoms with E-state index in [1.54, 1.807) is 48.5 Å². The molecule has 37 heavy (non-hydrogen) atoms. The van der Waals surface area contributed by atoms with Gasteiger partial charge < -0.3 is 19.9 Å². The topological polar surface area (TPSA) is 94.6 Å². The summed E-state index contributed by atoms with van der Waals surface area (Å²) in [6, 6.07) is 21.9. The van der Waals surface area contributed by atoms with E-state index in [0.29, 0.717) is 34.6 Å². The Kier molecular flexibility index (Phi) is 8.17. The average Bonchev–Trinajstić information content (AvgIpc) is 2.87. The summed E-state index contributed by atoms with van der Waals surface area (Å²) in [7, 11) is 0. The number of carbonyl (C=O) groups is 1. The summed E-state index contributed by atoms with van der Waals surface area (Å²) in [5.41, 5.74) is 8.84. The van der Waals surface area contributed by atoms with Crippen molar-refractivity contribution in [1.29, 1.82) is 5.26 Å².